The molecule has 0 bridgehead atoms. The van der Waals surface area contributed by atoms with Gasteiger partial charge in [-0.25, -0.2) is 0 Å². The van der Waals surface area contributed by atoms with Crippen LogP contribution < -0.4 is 10.6 Å². The molecule has 0 saturated carbocycles. The number of rotatable bonds is 6. The van der Waals surface area contributed by atoms with Crippen molar-refractivity contribution < 1.29 is 14.1 Å². The number of hydrogen-bond acceptors (Lipinski definition) is 4. The van der Waals surface area contributed by atoms with Crippen LogP contribution in [0, 0.1) is 0 Å². The van der Waals surface area contributed by atoms with E-state index in [2.05, 4.69) is 53.2 Å². The molecule has 2 aliphatic rings. The molecule has 5 heteroatoms. The van der Waals surface area contributed by atoms with Gasteiger partial charge in [-0.05, 0) is 0 Å². The van der Waals surface area contributed by atoms with E-state index in [0.717, 1.165) is 21.7 Å². The van der Waals surface area contributed by atoms with Crippen LogP contribution in [0.1, 0.15) is 38.8 Å². The molecule has 39 heavy (non-hydrogen) atoms. The third-order valence-electron chi connectivity index (χ3n) is 8.16. The molecule has 0 N–H and O–H groups in total. The molecule has 0 aromatic heterocycles. The summed E-state index contributed by atoms with van der Waals surface area (Å²) in [6.07, 6.45) is 0. The minimum atomic E-state index is -4.16. The van der Waals surface area contributed by atoms with Gasteiger partial charge in [-0.1, -0.05) is 0 Å². The third kappa shape index (κ3) is 3.00. The first-order chi connectivity index (χ1) is 18.7. The zero-order chi connectivity index (χ0) is 27.5. The summed E-state index contributed by atoms with van der Waals surface area (Å²) >= 11 is 0. The van der Waals surface area contributed by atoms with Crippen LogP contribution in [-0.2, 0) is 19.7 Å². The monoisotopic (exact) mass is 533 g/mol. The SMILES string of the molecule is CC(=O)C1=C(C(C)=O)P2(c3ccccc3)(c3ccccc3)OC(C)(C)N2C1(c1ccccc1)c1ccccc1. The van der Waals surface area contributed by atoms with Crippen molar-refractivity contribution in [3.63, 3.8) is 0 Å². The molecule has 6 rings (SSSR count). The van der Waals surface area contributed by atoms with Crippen molar-refractivity contribution in [3.8, 4) is 0 Å². The Morgan fingerprint density at radius 2 is 1.00 bits per heavy atom. The zero-order valence-corrected chi connectivity index (χ0v) is 23.6. The van der Waals surface area contributed by atoms with E-state index in [1.54, 1.807) is 13.8 Å². The van der Waals surface area contributed by atoms with Crippen molar-refractivity contribution >= 4 is 29.2 Å². The van der Waals surface area contributed by atoms with Gasteiger partial charge in [-0.2, -0.15) is 0 Å². The number of benzene rings is 4. The Morgan fingerprint density at radius 3 is 1.33 bits per heavy atom. The van der Waals surface area contributed by atoms with Gasteiger partial charge in [0.05, 0.1) is 0 Å². The van der Waals surface area contributed by atoms with Gasteiger partial charge in [0.15, 0.2) is 0 Å². The van der Waals surface area contributed by atoms with E-state index in [4.69, 9.17) is 4.52 Å². The number of carbonyl (C=O) groups is 2. The molecule has 4 aromatic carbocycles. The second-order valence-corrected chi connectivity index (χ2v) is 14.8. The third-order valence-corrected chi connectivity index (χ3v) is 14.4. The average Bonchev–Trinajstić information content (AvgIpc) is 3.18. The van der Waals surface area contributed by atoms with Crippen LogP contribution in [0.15, 0.2) is 132 Å². The topological polar surface area (TPSA) is 46.6 Å². The summed E-state index contributed by atoms with van der Waals surface area (Å²) in [5, 5.41) is 2.30. The molecule has 4 nitrogen and oxygen atoms in total. The number of carbonyl (C=O) groups excluding carboxylic acids is 2. The maximum absolute atomic E-state index is 14.2. The van der Waals surface area contributed by atoms with E-state index in [9.17, 15) is 9.59 Å². The first kappa shape index (κ1) is 25.6. The molecule has 2 aliphatic heterocycles. The predicted molar refractivity (Wildman–Crippen MR) is 158 cm³/mol. The van der Waals surface area contributed by atoms with Crippen molar-refractivity contribution in [3.05, 3.63) is 143 Å². The maximum atomic E-state index is 14.2. The van der Waals surface area contributed by atoms with Crippen molar-refractivity contribution in [1.29, 1.82) is 0 Å². The van der Waals surface area contributed by atoms with E-state index in [1.807, 2.05) is 86.6 Å². The second-order valence-electron chi connectivity index (χ2n) is 10.8. The quantitative estimate of drug-likeness (QED) is 0.266. The molecule has 0 aliphatic carbocycles. The van der Waals surface area contributed by atoms with E-state index < -0.39 is 18.2 Å². The fourth-order valence-corrected chi connectivity index (χ4v) is 14.7. The Balaban J connectivity index is 1.95. The van der Waals surface area contributed by atoms with Crippen molar-refractivity contribution in [2.45, 2.75) is 39.0 Å². The van der Waals surface area contributed by atoms with Crippen LogP contribution in [-0.4, -0.2) is 22.0 Å². The molecule has 196 valence electrons. The summed E-state index contributed by atoms with van der Waals surface area (Å²) in [6.45, 7) is 3.10. The van der Waals surface area contributed by atoms with Gasteiger partial charge in [0.2, 0.25) is 0 Å². The van der Waals surface area contributed by atoms with Gasteiger partial charge in [-0.15, -0.1) is 0 Å². The molecule has 0 atom stereocenters. The first-order valence-electron chi connectivity index (χ1n) is 13.3. The fraction of sp³-hybridized carbons (Fsp3) is 0.176. The number of nitrogens with zero attached hydrogens (tertiary/aromatic N) is 1. The van der Waals surface area contributed by atoms with E-state index in [0.29, 0.717) is 10.9 Å². The van der Waals surface area contributed by atoms with E-state index in [1.165, 1.54) is 0 Å². The summed E-state index contributed by atoms with van der Waals surface area (Å²) < 4.78 is 9.79. The number of Topliss-reactive ketones (excluding diaryl/α,β-unsaturated/α-hetero) is 2. The Labute approximate surface area is 230 Å². The van der Waals surface area contributed by atoms with Gasteiger partial charge < -0.3 is 0 Å². The minimum absolute atomic E-state index is 0.141. The van der Waals surface area contributed by atoms with Crippen LogP contribution in [0.5, 0.6) is 0 Å². The number of fused-ring (bicyclic) bond motifs is 1. The van der Waals surface area contributed by atoms with E-state index in [-0.39, 0.29) is 11.6 Å². The molecule has 0 radical (unpaired) electrons. The summed E-state index contributed by atoms with van der Waals surface area (Å²) in [5.74, 6) is -0.294. The summed E-state index contributed by atoms with van der Waals surface area (Å²) in [4.78, 5) is 28.3. The van der Waals surface area contributed by atoms with Crippen molar-refractivity contribution in [2.75, 3.05) is 0 Å². The second kappa shape index (κ2) is 8.66. The predicted octanol–water partition coefficient (Wildman–Crippen LogP) is 6.48. The van der Waals surface area contributed by atoms with Gasteiger partial charge in [-0.3, -0.25) is 0 Å². The van der Waals surface area contributed by atoms with Gasteiger partial charge >= 0.3 is 230 Å². The van der Waals surface area contributed by atoms with E-state index >= 15 is 0 Å². The molecule has 1 fully saturated rings. The van der Waals surface area contributed by atoms with Gasteiger partial charge in [0.1, 0.15) is 0 Å². The Hall–Kier alpha value is -3.69. The molecule has 4 aromatic rings. The Morgan fingerprint density at radius 1 is 0.615 bits per heavy atom. The summed E-state index contributed by atoms with van der Waals surface area (Å²) in [6, 6.07) is 40.3. The van der Waals surface area contributed by atoms with Crippen LogP contribution in [0.2, 0.25) is 0 Å². The molecule has 0 unspecified atom stereocenters. The molecule has 1 saturated heterocycles. The van der Waals surface area contributed by atoms with Crippen molar-refractivity contribution in [2.24, 2.45) is 0 Å². The zero-order valence-electron chi connectivity index (χ0n) is 22.7. The number of allylic oxidation sites excluding steroid dienone is 1. The molecule has 2 heterocycles. The van der Waals surface area contributed by atoms with Crippen LogP contribution in [0.3, 0.4) is 0 Å². The Kier molecular flexibility index (Phi) is 5.68. The van der Waals surface area contributed by atoms with Crippen LogP contribution >= 0.6 is 6.98 Å². The average molecular weight is 534 g/mol. The molecular formula is C34H32NO3P. The fourth-order valence-electron chi connectivity index (χ4n) is 7.36. The molecule has 0 amide bonds. The van der Waals surface area contributed by atoms with Gasteiger partial charge in [0.25, 0.3) is 0 Å². The molecule has 0 spiro atoms. The number of hydrogen-bond donors (Lipinski definition) is 0. The Bertz CT molecular complexity index is 1530. The summed E-state index contributed by atoms with van der Waals surface area (Å²) in [7, 11) is 0. The van der Waals surface area contributed by atoms with Crippen LogP contribution in [0.4, 0.5) is 0 Å². The molecular weight excluding hydrogens is 501 g/mol. The number of ketones is 2. The normalized spacial score (nSPS) is 21.2. The van der Waals surface area contributed by atoms with Gasteiger partial charge in [0, 0.05) is 0 Å². The summed E-state index contributed by atoms with van der Waals surface area (Å²) in [5.41, 5.74) is 0.446. The van der Waals surface area contributed by atoms with Crippen molar-refractivity contribution in [1.82, 2.24) is 4.67 Å². The van der Waals surface area contributed by atoms with Crippen LogP contribution in [0.25, 0.3) is 0 Å². The first-order valence-corrected chi connectivity index (χ1v) is 15.4. The standard InChI is InChI=1S/C34H32NO3P/c1-25(36)31-32(26(2)37)39(29-21-13-7-14-22-29,30-23-15-8-16-24-30)35(33(3,4)38-39)34(31,27-17-9-5-10-18-27)28-19-11-6-12-20-28/h5-24H,1-4H3.